The summed E-state index contributed by atoms with van der Waals surface area (Å²) in [5.74, 6) is -2.71. The van der Waals surface area contributed by atoms with Gasteiger partial charge in [0.15, 0.2) is 11.6 Å². The Labute approximate surface area is 202 Å². The quantitative estimate of drug-likeness (QED) is 0.327. The number of carbonyl (C=O) groups excluding carboxylic acids is 1. The molecule has 11 heteroatoms. The van der Waals surface area contributed by atoms with Crippen LogP contribution in [-0.2, 0) is 6.42 Å². The van der Waals surface area contributed by atoms with Crippen molar-refractivity contribution in [3.8, 4) is 5.69 Å². The zero-order valence-electron chi connectivity index (χ0n) is 18.5. The van der Waals surface area contributed by atoms with Crippen LogP contribution in [-0.4, -0.2) is 22.6 Å². The molecule has 0 atom stereocenters. The Balaban J connectivity index is 1.75. The first-order valence-electron chi connectivity index (χ1n) is 10.5. The van der Waals surface area contributed by atoms with Crippen molar-refractivity contribution >= 4 is 45.6 Å². The van der Waals surface area contributed by atoms with Gasteiger partial charge in [-0.25, -0.2) is 22.9 Å². The number of aryl methyl sites for hydroxylation is 1. The van der Waals surface area contributed by atoms with Crippen LogP contribution in [0.15, 0.2) is 53.6 Å². The topological polar surface area (TPSA) is 88.1 Å². The van der Waals surface area contributed by atoms with Crippen LogP contribution in [0.1, 0.15) is 12.5 Å². The van der Waals surface area contributed by atoms with Crippen LogP contribution in [0, 0.1) is 17.5 Å². The Morgan fingerprint density at radius 2 is 1.83 bits per heavy atom. The number of pyridine rings is 2. The minimum atomic E-state index is -1.26. The maximum absolute atomic E-state index is 14.6. The molecule has 4 rings (SSSR count). The summed E-state index contributed by atoms with van der Waals surface area (Å²) in [4.78, 5) is 29.9. The minimum absolute atomic E-state index is 0.0760. The number of rotatable bonds is 5. The van der Waals surface area contributed by atoms with Crippen LogP contribution in [0.2, 0.25) is 5.02 Å². The average molecular weight is 502 g/mol. The highest BCUT2D eigenvalue weighted by Crippen LogP contribution is 2.29. The van der Waals surface area contributed by atoms with Crippen LogP contribution in [0.3, 0.4) is 0 Å². The molecule has 0 fully saturated rings. The molecule has 2 amide bonds. The Morgan fingerprint density at radius 3 is 2.54 bits per heavy atom. The zero-order chi connectivity index (χ0) is 25.3. The first-order valence-corrected chi connectivity index (χ1v) is 10.8. The van der Waals surface area contributed by atoms with E-state index in [-0.39, 0.29) is 22.0 Å². The van der Waals surface area contributed by atoms with Gasteiger partial charge in [-0.1, -0.05) is 24.6 Å². The third-order valence-corrected chi connectivity index (χ3v) is 5.66. The summed E-state index contributed by atoms with van der Waals surface area (Å²) in [7, 11) is 1.71. The summed E-state index contributed by atoms with van der Waals surface area (Å²) in [6, 6.07) is 6.11. The number of fused-ring (bicyclic) bond motifs is 1. The number of halogens is 4. The Hall–Kier alpha value is -4.05. The van der Waals surface area contributed by atoms with Gasteiger partial charge in [-0.05, 0) is 42.1 Å². The van der Waals surface area contributed by atoms with Crippen molar-refractivity contribution in [2.75, 3.05) is 23.0 Å². The van der Waals surface area contributed by atoms with Gasteiger partial charge < -0.3 is 16.0 Å². The lowest BCUT2D eigenvalue weighted by Gasteiger charge is -2.15. The van der Waals surface area contributed by atoms with E-state index in [9.17, 15) is 22.8 Å². The Kier molecular flexibility index (Phi) is 6.65. The van der Waals surface area contributed by atoms with Gasteiger partial charge in [-0.15, -0.1) is 0 Å². The number of hydrogen-bond donors (Lipinski definition) is 3. The van der Waals surface area contributed by atoms with Gasteiger partial charge in [0.25, 0.3) is 5.56 Å². The second-order valence-electron chi connectivity index (χ2n) is 7.51. The molecular formula is C24H19ClF3N5O2. The third-order valence-electron chi connectivity index (χ3n) is 5.36. The van der Waals surface area contributed by atoms with Crippen LogP contribution >= 0.6 is 11.6 Å². The van der Waals surface area contributed by atoms with E-state index in [1.807, 2.05) is 6.92 Å². The number of hydrogen-bond acceptors (Lipinski definition) is 4. The standard InChI is InChI=1S/C24H19ClF3N5O2/c1-3-13-14-7-21(29-2)30-10-12(14)11-33(23(13)34)20-9-19(17(27)8-15(20)25)32-24(35)31-18-6-4-5-16(26)22(18)28/h4-11,29H,3H2,1-2H3,(H2,31,32,35). The van der Waals surface area contributed by atoms with E-state index >= 15 is 0 Å². The molecule has 0 spiro atoms. The van der Waals surface area contributed by atoms with Gasteiger partial charge in [-0.2, -0.15) is 0 Å². The molecule has 0 radical (unpaired) electrons. The lowest BCUT2D eigenvalue weighted by atomic mass is 10.1. The Bertz CT molecular complexity index is 1520. The maximum atomic E-state index is 14.6. The van der Waals surface area contributed by atoms with Crippen molar-refractivity contribution in [2.45, 2.75) is 13.3 Å². The van der Waals surface area contributed by atoms with E-state index in [1.165, 1.54) is 22.9 Å². The molecular weight excluding hydrogens is 483 g/mol. The molecule has 0 saturated carbocycles. The van der Waals surface area contributed by atoms with Crippen molar-refractivity contribution in [1.82, 2.24) is 9.55 Å². The molecule has 0 aliphatic carbocycles. The smallest absolute Gasteiger partial charge is 0.323 e. The van der Waals surface area contributed by atoms with Crippen molar-refractivity contribution in [1.29, 1.82) is 0 Å². The van der Waals surface area contributed by atoms with E-state index in [0.717, 1.165) is 18.2 Å². The second-order valence-corrected chi connectivity index (χ2v) is 7.91. The highest BCUT2D eigenvalue weighted by Gasteiger charge is 2.18. The summed E-state index contributed by atoms with van der Waals surface area (Å²) < 4.78 is 43.1. The predicted molar refractivity (Wildman–Crippen MR) is 130 cm³/mol. The molecule has 2 aromatic carbocycles. The molecule has 35 heavy (non-hydrogen) atoms. The lowest BCUT2D eigenvalue weighted by Crippen LogP contribution is -2.24. The third kappa shape index (κ3) is 4.65. The molecule has 0 bridgehead atoms. The zero-order valence-corrected chi connectivity index (χ0v) is 19.3. The maximum Gasteiger partial charge on any atom is 0.323 e. The largest absolute Gasteiger partial charge is 0.373 e. The van der Waals surface area contributed by atoms with E-state index in [2.05, 4.69) is 20.9 Å². The highest BCUT2D eigenvalue weighted by atomic mass is 35.5. The molecule has 0 aliphatic heterocycles. The fraction of sp³-hybridized carbons (Fsp3) is 0.125. The number of nitrogens with one attached hydrogen (secondary N) is 3. The number of benzene rings is 2. The number of anilines is 3. The van der Waals surface area contributed by atoms with Crippen LogP contribution in [0.25, 0.3) is 16.5 Å². The van der Waals surface area contributed by atoms with Crippen LogP contribution in [0.4, 0.5) is 35.2 Å². The van der Waals surface area contributed by atoms with Crippen molar-refractivity contribution in [2.24, 2.45) is 0 Å². The summed E-state index contributed by atoms with van der Waals surface area (Å²) >= 11 is 6.26. The van der Waals surface area contributed by atoms with E-state index in [1.54, 1.807) is 19.3 Å². The van der Waals surface area contributed by atoms with Gasteiger partial charge in [-0.3, -0.25) is 9.36 Å². The SMILES string of the molecule is CCc1c(=O)n(-c2cc(NC(=O)Nc3cccc(F)c3F)c(F)cc2Cl)cc2cnc(NC)cc12. The molecule has 4 aromatic rings. The number of aromatic nitrogens is 2. The fourth-order valence-corrected chi connectivity index (χ4v) is 3.88. The molecule has 3 N–H and O–H groups in total. The Morgan fingerprint density at radius 1 is 1.09 bits per heavy atom. The summed E-state index contributed by atoms with van der Waals surface area (Å²) in [6.45, 7) is 1.83. The monoisotopic (exact) mass is 501 g/mol. The normalized spacial score (nSPS) is 10.9. The van der Waals surface area contributed by atoms with Crippen LogP contribution < -0.4 is 21.5 Å². The first kappa shape index (κ1) is 24.1. The summed E-state index contributed by atoms with van der Waals surface area (Å²) in [6.07, 6.45) is 3.52. The van der Waals surface area contributed by atoms with Crippen molar-refractivity contribution in [3.63, 3.8) is 0 Å². The van der Waals surface area contributed by atoms with Gasteiger partial charge in [0.05, 0.1) is 22.1 Å². The number of urea groups is 1. The number of nitrogens with zero attached hydrogens (tertiary/aromatic N) is 2. The van der Waals surface area contributed by atoms with Crippen LogP contribution in [0.5, 0.6) is 0 Å². The van der Waals surface area contributed by atoms with E-state index in [4.69, 9.17) is 11.6 Å². The molecule has 0 aliphatic rings. The van der Waals surface area contributed by atoms with Gasteiger partial charge in [0.1, 0.15) is 11.6 Å². The number of amides is 2. The van der Waals surface area contributed by atoms with Gasteiger partial charge >= 0.3 is 6.03 Å². The fourth-order valence-electron chi connectivity index (χ4n) is 3.64. The van der Waals surface area contributed by atoms with Gasteiger partial charge in [0, 0.05) is 30.4 Å². The molecule has 7 nitrogen and oxygen atoms in total. The molecule has 0 saturated heterocycles. The predicted octanol–water partition coefficient (Wildman–Crippen LogP) is 5.70. The van der Waals surface area contributed by atoms with Crippen molar-refractivity contribution < 1.29 is 18.0 Å². The summed E-state index contributed by atoms with van der Waals surface area (Å²) in [5, 5.41) is 8.56. The van der Waals surface area contributed by atoms with E-state index in [0.29, 0.717) is 28.6 Å². The van der Waals surface area contributed by atoms with E-state index < -0.39 is 29.2 Å². The lowest BCUT2D eigenvalue weighted by molar-refractivity contribution is 0.262. The van der Waals surface area contributed by atoms with Crippen molar-refractivity contribution in [3.05, 3.63) is 87.2 Å². The highest BCUT2D eigenvalue weighted by molar-refractivity contribution is 6.32. The van der Waals surface area contributed by atoms with Gasteiger partial charge in [0.2, 0.25) is 0 Å². The second kappa shape index (κ2) is 9.67. The molecule has 2 heterocycles. The molecule has 180 valence electrons. The average Bonchev–Trinajstić information content (AvgIpc) is 2.83. The number of carbonyl (C=O) groups is 1. The molecule has 2 aromatic heterocycles. The molecule has 0 unspecified atom stereocenters. The minimum Gasteiger partial charge on any atom is -0.373 e. The summed E-state index contributed by atoms with van der Waals surface area (Å²) in [5.41, 5.74) is -0.523. The first-order chi connectivity index (χ1) is 16.7.